The number of carbonyl (C=O) groups is 1. The molecule has 174 valence electrons. The molecule has 6 heteroatoms. The Morgan fingerprint density at radius 2 is 1.71 bits per heavy atom. The summed E-state index contributed by atoms with van der Waals surface area (Å²) >= 11 is 0. The zero-order valence-corrected chi connectivity index (χ0v) is 18.9. The van der Waals surface area contributed by atoms with Gasteiger partial charge in [-0.2, -0.15) is 13.2 Å². The first-order chi connectivity index (χ1) is 16.3. The largest absolute Gasteiger partial charge is 0.416 e. The molecule has 34 heavy (non-hydrogen) atoms. The van der Waals surface area contributed by atoms with Gasteiger partial charge >= 0.3 is 6.18 Å². The first kappa shape index (κ1) is 22.3. The van der Waals surface area contributed by atoms with Gasteiger partial charge < -0.3 is 9.47 Å². The summed E-state index contributed by atoms with van der Waals surface area (Å²) in [6.45, 7) is 3.71. The average molecular weight is 463 g/mol. The van der Waals surface area contributed by atoms with Crippen molar-refractivity contribution in [2.45, 2.75) is 39.0 Å². The van der Waals surface area contributed by atoms with Crippen molar-refractivity contribution in [2.75, 3.05) is 6.54 Å². The zero-order chi connectivity index (χ0) is 23.9. The smallest absolute Gasteiger partial charge is 0.340 e. The first-order valence-corrected chi connectivity index (χ1v) is 11.4. The Kier molecular flexibility index (Phi) is 5.68. The third kappa shape index (κ3) is 4.20. The summed E-state index contributed by atoms with van der Waals surface area (Å²) in [4.78, 5) is 15.1. The maximum Gasteiger partial charge on any atom is 0.416 e. The molecule has 0 saturated heterocycles. The minimum absolute atomic E-state index is 0.0183. The quantitative estimate of drug-likeness (QED) is 0.337. The van der Waals surface area contributed by atoms with Gasteiger partial charge in [-0.25, -0.2) is 0 Å². The van der Waals surface area contributed by atoms with Gasteiger partial charge in [-0.05, 0) is 61.7 Å². The SMILES string of the molecule is Cc1ccc2c(c1)c1c(n2Cc2ccc(C(F)(F)F)cc2)CCCN(C(=O)c2ccccc2)C1. The van der Waals surface area contributed by atoms with Crippen LogP contribution in [0, 0.1) is 6.92 Å². The highest BCUT2D eigenvalue weighted by molar-refractivity contribution is 5.95. The van der Waals surface area contributed by atoms with E-state index >= 15 is 0 Å². The summed E-state index contributed by atoms with van der Waals surface area (Å²) < 4.78 is 41.2. The molecule has 1 aliphatic rings. The second-order valence-corrected chi connectivity index (χ2v) is 8.92. The first-order valence-electron chi connectivity index (χ1n) is 11.4. The van der Waals surface area contributed by atoms with Gasteiger partial charge in [0, 0.05) is 47.4 Å². The van der Waals surface area contributed by atoms with E-state index in [0.29, 0.717) is 25.2 Å². The predicted molar refractivity (Wildman–Crippen MR) is 127 cm³/mol. The van der Waals surface area contributed by atoms with E-state index in [1.54, 1.807) is 12.1 Å². The number of aromatic nitrogens is 1. The summed E-state index contributed by atoms with van der Waals surface area (Å²) in [5.41, 5.74) is 5.32. The lowest BCUT2D eigenvalue weighted by Crippen LogP contribution is -2.30. The van der Waals surface area contributed by atoms with E-state index in [4.69, 9.17) is 0 Å². The van der Waals surface area contributed by atoms with E-state index < -0.39 is 11.7 Å². The Morgan fingerprint density at radius 3 is 2.41 bits per heavy atom. The van der Waals surface area contributed by atoms with Crippen molar-refractivity contribution >= 4 is 16.8 Å². The number of fused-ring (bicyclic) bond motifs is 3. The van der Waals surface area contributed by atoms with Crippen molar-refractivity contribution in [1.29, 1.82) is 0 Å². The van der Waals surface area contributed by atoms with Crippen LogP contribution in [0.1, 0.15) is 44.7 Å². The molecular weight excluding hydrogens is 437 g/mol. The molecule has 0 N–H and O–H groups in total. The zero-order valence-electron chi connectivity index (χ0n) is 18.9. The van der Waals surface area contributed by atoms with E-state index in [1.165, 1.54) is 0 Å². The Balaban J connectivity index is 1.54. The molecule has 5 rings (SSSR count). The molecule has 0 unspecified atom stereocenters. The van der Waals surface area contributed by atoms with E-state index in [0.717, 1.165) is 58.3 Å². The van der Waals surface area contributed by atoms with Crippen LogP contribution in [0.2, 0.25) is 0 Å². The molecule has 0 atom stereocenters. The molecule has 0 radical (unpaired) electrons. The Labute approximate surface area is 196 Å². The lowest BCUT2D eigenvalue weighted by Gasteiger charge is -2.21. The minimum atomic E-state index is -4.35. The summed E-state index contributed by atoms with van der Waals surface area (Å²) in [5.74, 6) is 0.0183. The monoisotopic (exact) mass is 462 g/mol. The highest BCUT2D eigenvalue weighted by atomic mass is 19.4. The van der Waals surface area contributed by atoms with E-state index in [1.807, 2.05) is 42.2 Å². The molecule has 0 bridgehead atoms. The Hall–Kier alpha value is -3.54. The standard InChI is InChI=1S/C28H25F3N2O/c1-19-9-14-26-23(16-19)24-18-32(27(34)21-6-3-2-4-7-21)15-5-8-25(24)33(26)17-20-10-12-22(13-11-20)28(29,30)31/h2-4,6-7,9-14,16H,5,8,15,17-18H2,1H3. The molecule has 4 aromatic rings. The number of hydrogen-bond donors (Lipinski definition) is 0. The number of halogens is 3. The maximum absolute atomic E-state index is 13.2. The van der Waals surface area contributed by atoms with E-state index in [2.05, 4.69) is 22.8 Å². The lowest BCUT2D eigenvalue weighted by atomic mass is 10.1. The van der Waals surface area contributed by atoms with Crippen LogP contribution in [0.4, 0.5) is 13.2 Å². The van der Waals surface area contributed by atoms with E-state index in [-0.39, 0.29) is 5.91 Å². The van der Waals surface area contributed by atoms with Crippen LogP contribution in [-0.2, 0) is 25.7 Å². The number of amides is 1. The number of rotatable bonds is 3. The van der Waals surface area contributed by atoms with Crippen LogP contribution in [0.3, 0.4) is 0 Å². The third-order valence-corrected chi connectivity index (χ3v) is 6.56. The van der Waals surface area contributed by atoms with Crippen LogP contribution in [0.25, 0.3) is 10.9 Å². The molecule has 3 nitrogen and oxygen atoms in total. The van der Waals surface area contributed by atoms with Crippen molar-refractivity contribution < 1.29 is 18.0 Å². The van der Waals surface area contributed by atoms with Gasteiger partial charge in [0.25, 0.3) is 5.91 Å². The van der Waals surface area contributed by atoms with Gasteiger partial charge in [-0.15, -0.1) is 0 Å². The van der Waals surface area contributed by atoms with Crippen molar-refractivity contribution in [2.24, 2.45) is 0 Å². The number of carbonyl (C=O) groups excluding carboxylic acids is 1. The summed E-state index contributed by atoms with van der Waals surface area (Å²) in [5, 5.41) is 1.11. The van der Waals surface area contributed by atoms with Crippen molar-refractivity contribution in [3.8, 4) is 0 Å². The van der Waals surface area contributed by atoms with Crippen LogP contribution >= 0.6 is 0 Å². The van der Waals surface area contributed by atoms with Crippen molar-refractivity contribution in [3.05, 3.63) is 106 Å². The molecule has 3 aromatic carbocycles. The fourth-order valence-electron chi connectivity index (χ4n) is 4.86. The number of hydrogen-bond acceptors (Lipinski definition) is 1. The molecule has 1 aliphatic heterocycles. The Bertz CT molecular complexity index is 1340. The summed E-state index contributed by atoms with van der Waals surface area (Å²) in [7, 11) is 0. The highest BCUT2D eigenvalue weighted by Gasteiger charge is 2.30. The normalized spacial score (nSPS) is 14.2. The second kappa shape index (κ2) is 8.67. The van der Waals surface area contributed by atoms with Crippen molar-refractivity contribution in [1.82, 2.24) is 9.47 Å². The lowest BCUT2D eigenvalue weighted by molar-refractivity contribution is -0.137. The van der Waals surface area contributed by atoms with Gasteiger partial charge in [-0.1, -0.05) is 42.0 Å². The van der Waals surface area contributed by atoms with Gasteiger partial charge in [0.1, 0.15) is 0 Å². The number of alkyl halides is 3. The topological polar surface area (TPSA) is 25.2 Å². The fraction of sp³-hybridized carbons (Fsp3) is 0.250. The summed E-state index contributed by atoms with van der Waals surface area (Å²) in [6.07, 6.45) is -2.71. The molecule has 1 aromatic heterocycles. The molecule has 0 saturated carbocycles. The van der Waals surface area contributed by atoms with Gasteiger partial charge in [0.05, 0.1) is 5.56 Å². The van der Waals surface area contributed by atoms with Gasteiger partial charge in [-0.3, -0.25) is 4.79 Å². The molecular formula is C28H25F3N2O. The second-order valence-electron chi connectivity index (χ2n) is 8.92. The van der Waals surface area contributed by atoms with Gasteiger partial charge in [0.2, 0.25) is 0 Å². The predicted octanol–water partition coefficient (Wildman–Crippen LogP) is 6.61. The van der Waals surface area contributed by atoms with Crippen LogP contribution < -0.4 is 0 Å². The number of nitrogens with zero attached hydrogens (tertiary/aromatic N) is 2. The van der Waals surface area contributed by atoms with Crippen LogP contribution in [-0.4, -0.2) is 21.9 Å². The van der Waals surface area contributed by atoms with Crippen molar-refractivity contribution in [3.63, 3.8) is 0 Å². The Morgan fingerprint density at radius 1 is 0.971 bits per heavy atom. The average Bonchev–Trinajstić information content (AvgIpc) is 2.97. The number of benzene rings is 3. The minimum Gasteiger partial charge on any atom is -0.340 e. The molecule has 1 amide bonds. The van der Waals surface area contributed by atoms with Crippen LogP contribution in [0.15, 0.2) is 72.8 Å². The molecule has 0 aliphatic carbocycles. The molecule has 0 fully saturated rings. The molecule has 0 spiro atoms. The highest BCUT2D eigenvalue weighted by Crippen LogP contribution is 2.33. The molecule has 2 heterocycles. The number of aryl methyl sites for hydroxylation is 1. The van der Waals surface area contributed by atoms with Gasteiger partial charge in [0.15, 0.2) is 0 Å². The maximum atomic E-state index is 13.2. The van der Waals surface area contributed by atoms with E-state index in [9.17, 15) is 18.0 Å². The summed E-state index contributed by atoms with van der Waals surface area (Å²) in [6, 6.07) is 21.0. The fourth-order valence-corrected chi connectivity index (χ4v) is 4.86. The van der Waals surface area contributed by atoms with Crippen LogP contribution in [0.5, 0.6) is 0 Å². The third-order valence-electron chi connectivity index (χ3n) is 6.56.